The number of primary sulfonamides is 2. The van der Waals surface area contributed by atoms with Crippen LogP contribution in [0.2, 0.25) is 5.02 Å². The smallest absolute Gasteiger partial charge is 0.258 e. The van der Waals surface area contributed by atoms with Gasteiger partial charge in [-0.25, -0.2) is 27.1 Å². The van der Waals surface area contributed by atoms with Crippen LogP contribution in [0.25, 0.3) is 0 Å². The van der Waals surface area contributed by atoms with Crippen LogP contribution in [0.5, 0.6) is 0 Å². The van der Waals surface area contributed by atoms with E-state index in [0.29, 0.717) is 12.1 Å². The predicted molar refractivity (Wildman–Crippen MR) is 93.9 cm³/mol. The summed E-state index contributed by atoms with van der Waals surface area (Å²) >= 11 is 5.46. The maximum atomic E-state index is 12.7. The minimum Gasteiger partial charge on any atom is -0.258 e. The first-order valence-electron chi connectivity index (χ1n) is 6.58. The third-order valence-corrected chi connectivity index (χ3v) is 5.03. The normalized spacial score (nSPS) is 11.3. The molecule has 0 radical (unpaired) electrons. The Morgan fingerprint density at radius 1 is 0.821 bits per heavy atom. The van der Waals surface area contributed by atoms with Gasteiger partial charge in [0.2, 0.25) is 25.9 Å². The Labute approximate surface area is 161 Å². The summed E-state index contributed by atoms with van der Waals surface area (Å²) in [4.78, 5) is 18.0. The summed E-state index contributed by atoms with van der Waals surface area (Å²) in [6.45, 7) is 0. The van der Waals surface area contributed by atoms with E-state index in [4.69, 9.17) is 21.9 Å². The number of sulfonamides is 2. The number of hydrogen-bond donors (Lipinski definition) is 2. The Kier molecular flexibility index (Phi) is 7.10. The summed E-state index contributed by atoms with van der Waals surface area (Å²) in [5.41, 5.74) is -1.41. The number of halogens is 2. The molecule has 0 fully saturated rings. The van der Waals surface area contributed by atoms with Gasteiger partial charge < -0.3 is 0 Å². The summed E-state index contributed by atoms with van der Waals surface area (Å²) in [5, 5.41) is 30.0. The van der Waals surface area contributed by atoms with E-state index in [0.717, 1.165) is 24.3 Å². The third-order valence-electron chi connectivity index (χ3n) is 2.89. The Hall–Kier alpha value is -2.72. The summed E-state index contributed by atoms with van der Waals surface area (Å²) < 4.78 is 55.9. The van der Waals surface area contributed by atoms with Crippen molar-refractivity contribution in [2.24, 2.45) is 10.3 Å². The van der Waals surface area contributed by atoms with Crippen molar-refractivity contribution in [3.05, 3.63) is 67.5 Å². The molecule has 0 aromatic heterocycles. The Morgan fingerprint density at radius 3 is 1.61 bits per heavy atom. The van der Waals surface area contributed by atoms with E-state index in [1.165, 1.54) is 0 Å². The van der Waals surface area contributed by atoms with Crippen LogP contribution < -0.4 is 10.3 Å². The number of nitro benzene ring substituents is 2. The molecule has 0 atom stereocenters. The lowest BCUT2D eigenvalue weighted by Crippen LogP contribution is -2.12. The summed E-state index contributed by atoms with van der Waals surface area (Å²) in [6, 6.07) is 5.14. The molecule has 0 aliphatic rings. The number of nitro groups is 2. The van der Waals surface area contributed by atoms with Crippen LogP contribution >= 0.6 is 11.6 Å². The van der Waals surface area contributed by atoms with Crippen LogP contribution in [0.1, 0.15) is 0 Å². The second-order valence-corrected chi connectivity index (χ2v) is 8.36. The average Bonchev–Trinajstić information content (AvgIpc) is 2.53. The van der Waals surface area contributed by atoms with Gasteiger partial charge in [-0.15, -0.1) is 0 Å². The first-order valence-corrected chi connectivity index (χ1v) is 10.0. The lowest BCUT2D eigenvalue weighted by molar-refractivity contribution is -0.387. The molecule has 4 N–H and O–H groups in total. The predicted octanol–water partition coefficient (Wildman–Crippen LogP) is 1.28. The van der Waals surface area contributed by atoms with Crippen molar-refractivity contribution in [2.75, 3.05) is 0 Å². The number of benzene rings is 2. The molecule has 0 bridgehead atoms. The molecule has 2 rings (SSSR count). The van der Waals surface area contributed by atoms with E-state index in [9.17, 15) is 41.5 Å². The monoisotopic (exact) mass is 456 g/mol. The highest BCUT2D eigenvalue weighted by Crippen LogP contribution is 2.26. The second-order valence-electron chi connectivity index (χ2n) is 4.83. The van der Waals surface area contributed by atoms with Gasteiger partial charge in [0.25, 0.3) is 5.69 Å². The van der Waals surface area contributed by atoms with Crippen LogP contribution in [-0.4, -0.2) is 26.7 Å². The first-order chi connectivity index (χ1) is 12.6. The second kappa shape index (κ2) is 8.53. The Morgan fingerprint density at radius 2 is 1.21 bits per heavy atom. The number of nitrogens with two attached hydrogens (primary N) is 2. The van der Waals surface area contributed by atoms with Crippen LogP contribution in [-0.2, 0) is 20.0 Å². The zero-order valence-electron chi connectivity index (χ0n) is 13.4. The molecular weight excluding hydrogens is 447 g/mol. The molecule has 2 aromatic rings. The molecule has 0 saturated heterocycles. The molecule has 0 spiro atoms. The molecule has 28 heavy (non-hydrogen) atoms. The first kappa shape index (κ1) is 23.3. The quantitative estimate of drug-likeness (QED) is 0.504. The fraction of sp³-hybridized carbons (Fsp3) is 0. The number of rotatable bonds is 4. The molecule has 16 heteroatoms. The third kappa shape index (κ3) is 6.17. The highest BCUT2D eigenvalue weighted by atomic mass is 35.5. The van der Waals surface area contributed by atoms with Crippen molar-refractivity contribution in [1.29, 1.82) is 0 Å². The minimum absolute atomic E-state index is 0.137. The van der Waals surface area contributed by atoms with Gasteiger partial charge in [-0.3, -0.25) is 20.2 Å². The maximum absolute atomic E-state index is 12.7. The number of nitrogens with zero attached hydrogens (tertiary/aromatic N) is 2. The van der Waals surface area contributed by atoms with E-state index in [1.807, 2.05) is 0 Å². The maximum Gasteiger partial charge on any atom is 0.306 e. The lowest BCUT2D eigenvalue weighted by atomic mass is 10.3. The fourth-order valence-corrected chi connectivity index (χ4v) is 2.87. The van der Waals surface area contributed by atoms with E-state index in [1.54, 1.807) is 0 Å². The van der Waals surface area contributed by atoms with E-state index in [-0.39, 0.29) is 9.92 Å². The largest absolute Gasteiger partial charge is 0.306 e. The van der Waals surface area contributed by atoms with Crippen molar-refractivity contribution in [2.45, 2.75) is 9.79 Å². The highest BCUT2D eigenvalue weighted by molar-refractivity contribution is 7.89. The Balaban J connectivity index is 0.000000280. The van der Waals surface area contributed by atoms with Crippen molar-refractivity contribution >= 4 is 43.0 Å². The fourth-order valence-electron chi connectivity index (χ4n) is 1.62. The lowest BCUT2D eigenvalue weighted by Gasteiger charge is -1.98. The van der Waals surface area contributed by atoms with Crippen molar-refractivity contribution < 1.29 is 31.1 Å². The van der Waals surface area contributed by atoms with Gasteiger partial charge in [-0.2, -0.15) is 4.39 Å². The van der Waals surface area contributed by atoms with E-state index < -0.39 is 52.0 Å². The van der Waals surface area contributed by atoms with Gasteiger partial charge >= 0.3 is 5.69 Å². The van der Waals surface area contributed by atoms with Gasteiger partial charge in [-0.05, 0) is 24.3 Å². The van der Waals surface area contributed by atoms with Gasteiger partial charge in [0, 0.05) is 12.1 Å². The highest BCUT2D eigenvalue weighted by Gasteiger charge is 2.19. The van der Waals surface area contributed by atoms with Crippen LogP contribution in [0.4, 0.5) is 15.8 Å². The van der Waals surface area contributed by atoms with Crippen molar-refractivity contribution in [3.8, 4) is 0 Å². The molecule has 0 unspecified atom stereocenters. The standard InChI is InChI=1S/C6H5ClN2O4S.C6H5FN2O4S/c2*7-5-2-1-4(14(8,12)13)3-6(5)9(10)11/h2*1-3H,(H2,8,12,13). The molecule has 0 aliphatic heterocycles. The zero-order chi connectivity index (χ0) is 21.9. The van der Waals surface area contributed by atoms with Gasteiger partial charge in [0.1, 0.15) is 5.02 Å². The van der Waals surface area contributed by atoms with Gasteiger partial charge in [-0.1, -0.05) is 11.6 Å². The molecule has 152 valence electrons. The van der Waals surface area contributed by atoms with E-state index >= 15 is 0 Å². The van der Waals surface area contributed by atoms with Crippen LogP contribution in [0.15, 0.2) is 46.2 Å². The van der Waals surface area contributed by atoms with Crippen LogP contribution in [0.3, 0.4) is 0 Å². The molecule has 0 aliphatic carbocycles. The molecular formula is C12H10ClFN4O8S2. The molecule has 12 nitrogen and oxygen atoms in total. The zero-order valence-corrected chi connectivity index (χ0v) is 15.7. The average molecular weight is 457 g/mol. The summed E-state index contributed by atoms with van der Waals surface area (Å²) in [7, 11) is -7.99. The van der Waals surface area contributed by atoms with Gasteiger partial charge in [0.15, 0.2) is 0 Å². The summed E-state index contributed by atoms with van der Waals surface area (Å²) in [6.07, 6.45) is 0. The molecule has 0 saturated carbocycles. The Bertz CT molecular complexity index is 1060. The topological polar surface area (TPSA) is 207 Å². The summed E-state index contributed by atoms with van der Waals surface area (Å²) in [5.74, 6) is -1.11. The molecule has 0 amide bonds. The molecule has 2 aromatic carbocycles. The molecule has 0 heterocycles. The van der Waals surface area contributed by atoms with E-state index in [2.05, 4.69) is 0 Å². The number of hydrogen-bond acceptors (Lipinski definition) is 8. The van der Waals surface area contributed by atoms with Crippen molar-refractivity contribution in [3.63, 3.8) is 0 Å². The minimum atomic E-state index is -4.05. The SMILES string of the molecule is NS(=O)(=O)c1ccc(Cl)c([N+](=O)[O-])c1.NS(=O)(=O)c1ccc(F)c([N+](=O)[O-])c1. The van der Waals surface area contributed by atoms with Crippen LogP contribution in [0, 0.1) is 26.0 Å². The van der Waals surface area contributed by atoms with Gasteiger partial charge in [0.05, 0.1) is 19.6 Å². The van der Waals surface area contributed by atoms with Crippen molar-refractivity contribution in [1.82, 2.24) is 0 Å².